The van der Waals surface area contributed by atoms with E-state index < -0.39 is 0 Å². The van der Waals surface area contributed by atoms with Crippen molar-refractivity contribution in [3.8, 4) is 11.1 Å². The number of nitrogens with zero attached hydrogens (tertiary/aromatic N) is 3. The van der Waals surface area contributed by atoms with E-state index in [0.29, 0.717) is 6.04 Å². The summed E-state index contributed by atoms with van der Waals surface area (Å²) >= 11 is 0. The molecule has 4 nitrogen and oxygen atoms in total. The lowest BCUT2D eigenvalue weighted by Gasteiger charge is -2.26. The summed E-state index contributed by atoms with van der Waals surface area (Å²) in [6, 6.07) is 6.99. The number of aromatic nitrogens is 2. The SMILES string of the molecule is CN=CNC1CCc2c(cccc2-c2cncnc2)C1. The molecule has 0 aliphatic heterocycles. The lowest BCUT2D eigenvalue weighted by molar-refractivity contribution is 0.533. The van der Waals surface area contributed by atoms with E-state index >= 15 is 0 Å². The van der Waals surface area contributed by atoms with Crippen LogP contribution in [0.25, 0.3) is 11.1 Å². The second kappa shape index (κ2) is 5.82. The van der Waals surface area contributed by atoms with Crippen LogP contribution in [0, 0.1) is 0 Å². The number of fused-ring (bicyclic) bond motifs is 1. The molecule has 2 aromatic rings. The number of hydrogen-bond donors (Lipinski definition) is 1. The van der Waals surface area contributed by atoms with E-state index in [1.54, 1.807) is 19.7 Å². The van der Waals surface area contributed by atoms with Gasteiger partial charge in [-0.1, -0.05) is 18.2 Å². The normalized spacial score (nSPS) is 17.9. The van der Waals surface area contributed by atoms with E-state index in [4.69, 9.17) is 0 Å². The Morgan fingerprint density at radius 1 is 1.30 bits per heavy atom. The van der Waals surface area contributed by atoms with Crippen LogP contribution < -0.4 is 5.32 Å². The molecule has 4 heteroatoms. The molecule has 1 aliphatic carbocycles. The van der Waals surface area contributed by atoms with Crippen molar-refractivity contribution in [1.82, 2.24) is 15.3 Å². The summed E-state index contributed by atoms with van der Waals surface area (Å²) in [5, 5.41) is 3.36. The fraction of sp³-hybridized carbons (Fsp3) is 0.312. The van der Waals surface area contributed by atoms with Gasteiger partial charge in [0.2, 0.25) is 0 Å². The van der Waals surface area contributed by atoms with Gasteiger partial charge in [0.05, 0.1) is 6.34 Å². The molecule has 0 fully saturated rings. The van der Waals surface area contributed by atoms with Crippen LogP contribution in [0.2, 0.25) is 0 Å². The summed E-state index contributed by atoms with van der Waals surface area (Å²) in [5.41, 5.74) is 5.23. The zero-order valence-electron chi connectivity index (χ0n) is 11.6. The molecule has 1 aromatic heterocycles. The van der Waals surface area contributed by atoms with Crippen molar-refractivity contribution in [3.05, 3.63) is 48.0 Å². The Kier molecular flexibility index (Phi) is 3.72. The average Bonchev–Trinajstić information content (AvgIpc) is 2.53. The third-order valence-corrected chi connectivity index (χ3v) is 3.79. The first-order valence-electron chi connectivity index (χ1n) is 6.91. The van der Waals surface area contributed by atoms with Crippen LogP contribution in [0.15, 0.2) is 41.9 Å². The molecule has 102 valence electrons. The van der Waals surface area contributed by atoms with Gasteiger partial charge in [-0.3, -0.25) is 4.99 Å². The molecule has 0 amide bonds. The van der Waals surface area contributed by atoms with Gasteiger partial charge in [0.15, 0.2) is 0 Å². The van der Waals surface area contributed by atoms with Gasteiger partial charge in [-0.2, -0.15) is 0 Å². The van der Waals surface area contributed by atoms with Gasteiger partial charge in [0.1, 0.15) is 6.33 Å². The monoisotopic (exact) mass is 266 g/mol. The topological polar surface area (TPSA) is 50.2 Å². The fourth-order valence-electron chi connectivity index (χ4n) is 2.84. The Morgan fingerprint density at radius 2 is 2.15 bits per heavy atom. The van der Waals surface area contributed by atoms with Crippen molar-refractivity contribution in [2.24, 2.45) is 4.99 Å². The van der Waals surface area contributed by atoms with Crippen molar-refractivity contribution >= 4 is 6.34 Å². The zero-order valence-corrected chi connectivity index (χ0v) is 11.6. The molecule has 3 rings (SSSR count). The largest absolute Gasteiger partial charge is 0.373 e. The lowest BCUT2D eigenvalue weighted by atomic mass is 9.84. The van der Waals surface area contributed by atoms with Crippen LogP contribution in [-0.4, -0.2) is 29.4 Å². The van der Waals surface area contributed by atoms with Crippen LogP contribution in [-0.2, 0) is 12.8 Å². The summed E-state index contributed by atoms with van der Waals surface area (Å²) in [7, 11) is 1.79. The van der Waals surface area contributed by atoms with Gasteiger partial charge in [-0.25, -0.2) is 9.97 Å². The maximum atomic E-state index is 4.12. The highest BCUT2D eigenvalue weighted by molar-refractivity contribution is 5.68. The van der Waals surface area contributed by atoms with E-state index in [0.717, 1.165) is 24.8 Å². The van der Waals surface area contributed by atoms with Gasteiger partial charge in [0.25, 0.3) is 0 Å². The predicted octanol–water partition coefficient (Wildman–Crippen LogP) is 2.25. The maximum Gasteiger partial charge on any atom is 0.115 e. The lowest BCUT2D eigenvalue weighted by Crippen LogP contribution is -2.33. The van der Waals surface area contributed by atoms with Crippen molar-refractivity contribution in [1.29, 1.82) is 0 Å². The molecular weight excluding hydrogens is 248 g/mol. The minimum absolute atomic E-state index is 0.480. The summed E-state index contributed by atoms with van der Waals surface area (Å²) in [6.07, 6.45) is 10.4. The highest BCUT2D eigenvalue weighted by atomic mass is 15.0. The van der Waals surface area contributed by atoms with E-state index in [1.165, 1.54) is 16.7 Å². The Balaban J connectivity index is 1.91. The molecule has 20 heavy (non-hydrogen) atoms. The van der Waals surface area contributed by atoms with Crippen LogP contribution >= 0.6 is 0 Å². The average molecular weight is 266 g/mol. The fourth-order valence-corrected chi connectivity index (χ4v) is 2.84. The first-order chi connectivity index (χ1) is 9.88. The molecule has 1 heterocycles. The Bertz CT molecular complexity index is 607. The number of benzene rings is 1. The van der Waals surface area contributed by atoms with Crippen molar-refractivity contribution in [2.75, 3.05) is 7.05 Å². The third-order valence-electron chi connectivity index (χ3n) is 3.79. The van der Waals surface area contributed by atoms with E-state index in [-0.39, 0.29) is 0 Å². The van der Waals surface area contributed by atoms with E-state index in [1.807, 2.05) is 12.4 Å². The quantitative estimate of drug-likeness (QED) is 0.684. The summed E-state index contributed by atoms with van der Waals surface area (Å²) < 4.78 is 0. The highest BCUT2D eigenvalue weighted by Crippen LogP contribution is 2.30. The van der Waals surface area contributed by atoms with Gasteiger partial charge < -0.3 is 5.32 Å². The van der Waals surface area contributed by atoms with Crippen molar-refractivity contribution in [3.63, 3.8) is 0 Å². The Morgan fingerprint density at radius 3 is 2.95 bits per heavy atom. The number of rotatable bonds is 3. The van der Waals surface area contributed by atoms with Gasteiger partial charge in [0, 0.05) is 31.0 Å². The van der Waals surface area contributed by atoms with Crippen LogP contribution in [0.3, 0.4) is 0 Å². The first kappa shape index (κ1) is 12.8. The van der Waals surface area contributed by atoms with Gasteiger partial charge in [-0.05, 0) is 36.0 Å². The molecule has 1 N–H and O–H groups in total. The minimum atomic E-state index is 0.480. The maximum absolute atomic E-state index is 4.12. The molecule has 1 aromatic carbocycles. The van der Waals surface area contributed by atoms with Crippen molar-refractivity contribution in [2.45, 2.75) is 25.3 Å². The van der Waals surface area contributed by atoms with E-state index in [2.05, 4.69) is 38.5 Å². The Hall–Kier alpha value is -2.23. The van der Waals surface area contributed by atoms with Crippen LogP contribution in [0.5, 0.6) is 0 Å². The highest BCUT2D eigenvalue weighted by Gasteiger charge is 2.20. The number of aliphatic imine (C=N–C) groups is 1. The number of nitrogens with one attached hydrogen (secondary N) is 1. The second-order valence-electron chi connectivity index (χ2n) is 5.06. The molecule has 0 saturated carbocycles. The molecule has 1 aliphatic rings. The molecular formula is C16H18N4. The van der Waals surface area contributed by atoms with E-state index in [9.17, 15) is 0 Å². The zero-order chi connectivity index (χ0) is 13.8. The van der Waals surface area contributed by atoms with Crippen LogP contribution in [0.4, 0.5) is 0 Å². The smallest absolute Gasteiger partial charge is 0.115 e. The standard InChI is InChI=1S/C16H18N4/c1-17-10-20-14-5-6-16-12(7-14)3-2-4-15(16)13-8-18-11-19-9-13/h2-4,8-11,14H,5-7H2,1H3,(H,17,20). The summed E-state index contributed by atoms with van der Waals surface area (Å²) in [6.45, 7) is 0. The molecule has 0 radical (unpaired) electrons. The number of hydrogen-bond acceptors (Lipinski definition) is 3. The minimum Gasteiger partial charge on any atom is -0.373 e. The molecule has 1 atom stereocenters. The predicted molar refractivity (Wildman–Crippen MR) is 80.8 cm³/mol. The summed E-state index contributed by atoms with van der Waals surface area (Å²) in [5.74, 6) is 0. The Labute approximate surface area is 119 Å². The molecule has 1 unspecified atom stereocenters. The second-order valence-corrected chi connectivity index (χ2v) is 5.06. The van der Waals surface area contributed by atoms with Crippen molar-refractivity contribution < 1.29 is 0 Å². The molecule has 0 spiro atoms. The first-order valence-corrected chi connectivity index (χ1v) is 6.91. The summed E-state index contributed by atoms with van der Waals surface area (Å²) in [4.78, 5) is 12.2. The molecule has 0 bridgehead atoms. The molecule has 0 saturated heterocycles. The third kappa shape index (κ3) is 2.54. The van der Waals surface area contributed by atoms with Gasteiger partial charge in [-0.15, -0.1) is 0 Å². The van der Waals surface area contributed by atoms with Gasteiger partial charge >= 0.3 is 0 Å². The van der Waals surface area contributed by atoms with Crippen LogP contribution in [0.1, 0.15) is 17.5 Å².